The van der Waals surface area contributed by atoms with E-state index < -0.39 is 5.60 Å². The van der Waals surface area contributed by atoms with Crippen LogP contribution in [0.4, 0.5) is 0 Å². The first-order chi connectivity index (χ1) is 8.39. The summed E-state index contributed by atoms with van der Waals surface area (Å²) in [5.41, 5.74) is 4.84. The molecule has 1 aliphatic rings. The van der Waals surface area contributed by atoms with Gasteiger partial charge in [-0.25, -0.2) is 0 Å². The van der Waals surface area contributed by atoms with E-state index in [2.05, 4.69) is 0 Å². The van der Waals surface area contributed by atoms with Crippen molar-refractivity contribution in [2.75, 3.05) is 33.4 Å². The molecule has 1 unspecified atom stereocenters. The Morgan fingerprint density at radius 1 is 1.44 bits per heavy atom. The van der Waals surface area contributed by atoms with Crippen LogP contribution in [-0.2, 0) is 9.53 Å². The lowest BCUT2D eigenvalue weighted by molar-refractivity contribution is -0.141. The lowest BCUT2D eigenvalue weighted by Gasteiger charge is -2.36. The highest BCUT2D eigenvalue weighted by molar-refractivity contribution is 5.79. The fourth-order valence-corrected chi connectivity index (χ4v) is 2.37. The Labute approximate surface area is 109 Å². The number of rotatable bonds is 5. The number of hydrogen-bond acceptors (Lipinski definition) is 4. The Hall–Kier alpha value is -0.650. The van der Waals surface area contributed by atoms with E-state index in [-0.39, 0.29) is 17.7 Å². The molecular formula is C13H26N2O3. The number of ether oxygens (including phenoxy) is 1. The fourth-order valence-electron chi connectivity index (χ4n) is 2.37. The van der Waals surface area contributed by atoms with Crippen LogP contribution in [0.15, 0.2) is 0 Å². The van der Waals surface area contributed by atoms with E-state index in [0.29, 0.717) is 39.1 Å². The molecule has 1 saturated heterocycles. The summed E-state index contributed by atoms with van der Waals surface area (Å²) in [6.45, 7) is 5.81. The zero-order chi connectivity index (χ0) is 13.8. The highest BCUT2D eigenvalue weighted by atomic mass is 16.5. The molecule has 106 valence electrons. The maximum atomic E-state index is 12.2. The maximum absolute atomic E-state index is 12.2. The van der Waals surface area contributed by atoms with Crippen LogP contribution in [0, 0.1) is 11.8 Å². The van der Waals surface area contributed by atoms with E-state index in [1.54, 1.807) is 11.9 Å². The topological polar surface area (TPSA) is 75.8 Å². The summed E-state index contributed by atoms with van der Waals surface area (Å²) in [5, 5.41) is 10.4. The zero-order valence-corrected chi connectivity index (χ0v) is 11.7. The highest BCUT2D eigenvalue weighted by Gasteiger charge is 2.34. The van der Waals surface area contributed by atoms with E-state index in [4.69, 9.17) is 10.5 Å². The minimum atomic E-state index is -0.807. The Balaban J connectivity index is 2.58. The summed E-state index contributed by atoms with van der Waals surface area (Å²) in [4.78, 5) is 13.8. The largest absolute Gasteiger partial charge is 0.388 e. The normalized spacial score (nSPS) is 20.8. The average Bonchev–Trinajstić information content (AvgIpc) is 2.29. The van der Waals surface area contributed by atoms with Crippen molar-refractivity contribution in [2.24, 2.45) is 17.6 Å². The molecule has 1 heterocycles. The van der Waals surface area contributed by atoms with Gasteiger partial charge in [-0.05, 0) is 5.92 Å². The number of hydrogen-bond donors (Lipinski definition) is 2. The van der Waals surface area contributed by atoms with Crippen LogP contribution in [0.3, 0.4) is 0 Å². The van der Waals surface area contributed by atoms with Crippen molar-refractivity contribution in [3.63, 3.8) is 0 Å². The van der Waals surface area contributed by atoms with Crippen molar-refractivity contribution < 1.29 is 14.6 Å². The molecule has 0 aromatic rings. The highest BCUT2D eigenvalue weighted by Crippen LogP contribution is 2.22. The number of carbonyl (C=O) groups is 1. The molecule has 0 bridgehead atoms. The Morgan fingerprint density at radius 2 is 2.00 bits per heavy atom. The summed E-state index contributed by atoms with van der Waals surface area (Å²) in [5.74, 6) is 0.0696. The van der Waals surface area contributed by atoms with Crippen LogP contribution in [0.5, 0.6) is 0 Å². The van der Waals surface area contributed by atoms with Crippen LogP contribution in [0.25, 0.3) is 0 Å². The van der Waals surface area contributed by atoms with Crippen LogP contribution in [0.1, 0.15) is 26.7 Å². The first kappa shape index (κ1) is 15.4. The van der Waals surface area contributed by atoms with Gasteiger partial charge in [0, 0.05) is 46.2 Å². The average molecular weight is 258 g/mol. The molecule has 1 aliphatic heterocycles. The summed E-state index contributed by atoms with van der Waals surface area (Å²) >= 11 is 0. The Morgan fingerprint density at radius 3 is 2.44 bits per heavy atom. The van der Waals surface area contributed by atoms with E-state index in [1.807, 2.05) is 13.8 Å². The molecule has 3 N–H and O–H groups in total. The van der Waals surface area contributed by atoms with Crippen molar-refractivity contribution in [1.82, 2.24) is 4.90 Å². The lowest BCUT2D eigenvalue weighted by Crippen LogP contribution is -2.50. The number of nitrogens with zero attached hydrogens (tertiary/aromatic N) is 1. The van der Waals surface area contributed by atoms with Crippen LogP contribution in [0.2, 0.25) is 0 Å². The maximum Gasteiger partial charge on any atom is 0.227 e. The molecule has 1 fully saturated rings. The minimum absolute atomic E-state index is 0.0208. The molecule has 0 spiro atoms. The molecule has 0 radical (unpaired) electrons. The second kappa shape index (κ2) is 6.50. The van der Waals surface area contributed by atoms with Crippen molar-refractivity contribution in [3.8, 4) is 0 Å². The quantitative estimate of drug-likeness (QED) is 0.739. The second-order valence-corrected chi connectivity index (χ2v) is 5.62. The summed E-state index contributed by atoms with van der Waals surface area (Å²) in [7, 11) is 1.74. The van der Waals surface area contributed by atoms with Gasteiger partial charge in [0.2, 0.25) is 5.91 Å². The van der Waals surface area contributed by atoms with Crippen molar-refractivity contribution in [2.45, 2.75) is 32.3 Å². The minimum Gasteiger partial charge on any atom is -0.388 e. The monoisotopic (exact) mass is 258 g/mol. The number of aliphatic hydroxyl groups is 1. The predicted octanol–water partition coefficient (Wildman–Crippen LogP) is 0.217. The van der Waals surface area contributed by atoms with Gasteiger partial charge >= 0.3 is 0 Å². The van der Waals surface area contributed by atoms with Gasteiger partial charge in [-0.3, -0.25) is 4.79 Å². The van der Waals surface area contributed by atoms with Crippen molar-refractivity contribution in [3.05, 3.63) is 0 Å². The van der Waals surface area contributed by atoms with Gasteiger partial charge in [0.15, 0.2) is 0 Å². The summed E-state index contributed by atoms with van der Waals surface area (Å²) in [6.07, 6.45) is 1.17. The predicted molar refractivity (Wildman–Crippen MR) is 70.0 cm³/mol. The molecule has 0 aliphatic carbocycles. The van der Waals surface area contributed by atoms with E-state index >= 15 is 0 Å². The molecule has 1 atom stereocenters. The summed E-state index contributed by atoms with van der Waals surface area (Å²) < 4.78 is 5.23. The zero-order valence-electron chi connectivity index (χ0n) is 11.7. The third-order valence-electron chi connectivity index (χ3n) is 3.71. The number of nitrogens with two attached hydrogens (primary N) is 1. The van der Waals surface area contributed by atoms with Gasteiger partial charge in [-0.15, -0.1) is 0 Å². The summed E-state index contributed by atoms with van der Waals surface area (Å²) in [6, 6.07) is 0. The molecular weight excluding hydrogens is 232 g/mol. The van der Waals surface area contributed by atoms with Crippen molar-refractivity contribution in [1.29, 1.82) is 0 Å². The van der Waals surface area contributed by atoms with Crippen LogP contribution in [-0.4, -0.2) is 54.9 Å². The van der Waals surface area contributed by atoms with Gasteiger partial charge in [-0.1, -0.05) is 13.8 Å². The molecule has 5 nitrogen and oxygen atoms in total. The van der Waals surface area contributed by atoms with Gasteiger partial charge < -0.3 is 20.5 Å². The SMILES string of the molecule is CC(C)C(CN)C(=O)N(C)CC1(O)CCOCC1. The first-order valence-electron chi connectivity index (χ1n) is 6.65. The molecule has 0 saturated carbocycles. The number of amides is 1. The Bertz CT molecular complexity index is 275. The lowest BCUT2D eigenvalue weighted by atomic mass is 9.91. The van der Waals surface area contributed by atoms with Gasteiger partial charge in [0.1, 0.15) is 0 Å². The molecule has 1 rings (SSSR count). The van der Waals surface area contributed by atoms with Gasteiger partial charge in [0.25, 0.3) is 0 Å². The second-order valence-electron chi connectivity index (χ2n) is 5.62. The molecule has 5 heteroatoms. The van der Waals surface area contributed by atoms with Crippen LogP contribution < -0.4 is 5.73 Å². The third-order valence-corrected chi connectivity index (χ3v) is 3.71. The number of carbonyl (C=O) groups excluding carboxylic acids is 1. The van der Waals surface area contributed by atoms with Gasteiger partial charge in [-0.2, -0.15) is 0 Å². The van der Waals surface area contributed by atoms with Crippen LogP contribution >= 0.6 is 0 Å². The fraction of sp³-hybridized carbons (Fsp3) is 0.923. The molecule has 18 heavy (non-hydrogen) atoms. The third kappa shape index (κ3) is 3.93. The van der Waals surface area contributed by atoms with Crippen molar-refractivity contribution >= 4 is 5.91 Å². The molecule has 0 aromatic carbocycles. The number of likely N-dealkylation sites (N-methyl/N-ethyl adjacent to an activating group) is 1. The van der Waals surface area contributed by atoms with Gasteiger partial charge in [0.05, 0.1) is 11.5 Å². The Kier molecular flexibility index (Phi) is 5.56. The first-order valence-corrected chi connectivity index (χ1v) is 6.65. The smallest absolute Gasteiger partial charge is 0.227 e. The van der Waals surface area contributed by atoms with E-state index in [0.717, 1.165) is 0 Å². The molecule has 0 aromatic heterocycles. The molecule has 1 amide bonds. The van der Waals surface area contributed by atoms with E-state index in [9.17, 15) is 9.90 Å². The standard InChI is InChI=1S/C13H26N2O3/c1-10(2)11(8-14)12(16)15(3)9-13(17)4-6-18-7-5-13/h10-11,17H,4-9,14H2,1-3H3. The van der Waals surface area contributed by atoms with E-state index in [1.165, 1.54) is 0 Å².